The number of rotatable bonds is 6. The predicted molar refractivity (Wildman–Crippen MR) is 65.8 cm³/mol. The summed E-state index contributed by atoms with van der Waals surface area (Å²) in [6.07, 6.45) is 0.0804. The highest BCUT2D eigenvalue weighted by molar-refractivity contribution is 5.91. The van der Waals surface area contributed by atoms with Crippen molar-refractivity contribution in [2.75, 3.05) is 12.2 Å². The van der Waals surface area contributed by atoms with E-state index in [-0.39, 0.29) is 18.7 Å². The van der Waals surface area contributed by atoms with Crippen molar-refractivity contribution >= 4 is 17.6 Å². The molecule has 0 saturated heterocycles. The van der Waals surface area contributed by atoms with E-state index in [1.54, 1.807) is 24.3 Å². The van der Waals surface area contributed by atoms with Gasteiger partial charge in [0.15, 0.2) is 0 Å². The average molecular weight is 252 g/mol. The van der Waals surface area contributed by atoms with Crippen LogP contribution in [0.3, 0.4) is 0 Å². The third-order valence-electron chi connectivity index (χ3n) is 2.39. The number of carbonyl (C=O) groups excluding carboxylic acids is 1. The molecule has 0 fully saturated rings. The molecule has 3 N–H and O–H groups in total. The van der Waals surface area contributed by atoms with Gasteiger partial charge in [-0.1, -0.05) is 18.2 Å². The molecule has 0 aliphatic heterocycles. The van der Waals surface area contributed by atoms with E-state index in [2.05, 4.69) is 0 Å². The van der Waals surface area contributed by atoms with Gasteiger partial charge in [0.2, 0.25) is 0 Å². The lowest BCUT2D eigenvalue weighted by Crippen LogP contribution is -2.34. The van der Waals surface area contributed by atoms with Crippen LogP contribution in [0.2, 0.25) is 0 Å². The normalized spacial score (nSPS) is 11.9. The Morgan fingerprint density at radius 2 is 2.00 bits per heavy atom. The predicted octanol–water partition coefficient (Wildman–Crippen LogP) is 0.773. The van der Waals surface area contributed by atoms with E-state index in [1.165, 1.54) is 7.11 Å². The third-order valence-corrected chi connectivity index (χ3v) is 2.39. The van der Waals surface area contributed by atoms with Crippen LogP contribution >= 0.6 is 0 Å². The van der Waals surface area contributed by atoms with Crippen LogP contribution in [0, 0.1) is 0 Å². The smallest absolute Gasteiger partial charge is 0.320 e. The number of carboxylic acids is 1. The van der Waals surface area contributed by atoms with Gasteiger partial charge in [0, 0.05) is 6.42 Å². The van der Waals surface area contributed by atoms with Crippen LogP contribution in [-0.2, 0) is 14.4 Å². The van der Waals surface area contributed by atoms with Gasteiger partial charge in [0.05, 0.1) is 12.8 Å². The maximum atomic E-state index is 11.9. The van der Waals surface area contributed by atoms with Crippen LogP contribution < -0.4 is 10.8 Å². The molecule has 1 rings (SSSR count). The molecule has 18 heavy (non-hydrogen) atoms. The monoisotopic (exact) mass is 252 g/mol. The molecule has 6 heteroatoms. The van der Waals surface area contributed by atoms with Crippen molar-refractivity contribution in [3.8, 4) is 0 Å². The van der Waals surface area contributed by atoms with E-state index in [0.717, 1.165) is 5.06 Å². The maximum absolute atomic E-state index is 11.9. The molecule has 1 aromatic carbocycles. The molecule has 98 valence electrons. The molecule has 0 aromatic heterocycles. The minimum Gasteiger partial charge on any atom is -0.480 e. The first-order chi connectivity index (χ1) is 8.56. The summed E-state index contributed by atoms with van der Waals surface area (Å²) in [7, 11) is 1.38. The highest BCUT2D eigenvalue weighted by Crippen LogP contribution is 2.15. The third kappa shape index (κ3) is 3.83. The number of carbonyl (C=O) groups is 2. The summed E-state index contributed by atoms with van der Waals surface area (Å²) >= 11 is 0. The first-order valence-electron chi connectivity index (χ1n) is 5.46. The van der Waals surface area contributed by atoms with Gasteiger partial charge >= 0.3 is 5.97 Å². The Morgan fingerprint density at radius 3 is 2.50 bits per heavy atom. The molecule has 1 aromatic rings. The average Bonchev–Trinajstić information content (AvgIpc) is 2.38. The van der Waals surface area contributed by atoms with Gasteiger partial charge in [-0.05, 0) is 18.6 Å². The largest absolute Gasteiger partial charge is 0.480 e. The maximum Gasteiger partial charge on any atom is 0.320 e. The fourth-order valence-corrected chi connectivity index (χ4v) is 1.42. The lowest BCUT2D eigenvalue weighted by Gasteiger charge is -2.19. The van der Waals surface area contributed by atoms with Gasteiger partial charge in [0.1, 0.15) is 6.04 Å². The standard InChI is InChI=1S/C12H16N2O4/c1-18-14(9-5-3-2-4-6-9)11(15)8-7-10(13)12(16)17/h2-6,10H,7-8,13H2,1H3,(H,16,17). The van der Waals surface area contributed by atoms with E-state index in [4.69, 9.17) is 15.7 Å². The Kier molecular flexibility index (Phi) is 5.29. The van der Waals surface area contributed by atoms with E-state index in [9.17, 15) is 9.59 Å². The molecule has 0 heterocycles. The first-order valence-corrected chi connectivity index (χ1v) is 5.46. The summed E-state index contributed by atoms with van der Waals surface area (Å²) in [4.78, 5) is 27.4. The Balaban J connectivity index is 2.61. The Morgan fingerprint density at radius 1 is 1.39 bits per heavy atom. The molecule has 0 bridgehead atoms. The molecule has 1 atom stereocenters. The lowest BCUT2D eigenvalue weighted by molar-refractivity contribution is -0.138. The van der Waals surface area contributed by atoms with Crippen molar-refractivity contribution in [1.29, 1.82) is 0 Å². The van der Waals surface area contributed by atoms with E-state index < -0.39 is 12.0 Å². The molecule has 0 aliphatic carbocycles. The van der Waals surface area contributed by atoms with Crippen LogP contribution in [0.15, 0.2) is 30.3 Å². The zero-order valence-electron chi connectivity index (χ0n) is 10.1. The number of amides is 1. The van der Waals surface area contributed by atoms with Gasteiger partial charge in [0.25, 0.3) is 5.91 Å². The number of hydrogen-bond donors (Lipinski definition) is 2. The second-order valence-corrected chi connectivity index (χ2v) is 3.69. The summed E-state index contributed by atoms with van der Waals surface area (Å²) in [5.41, 5.74) is 5.93. The van der Waals surface area contributed by atoms with Crippen molar-refractivity contribution in [1.82, 2.24) is 0 Å². The molecular weight excluding hydrogens is 236 g/mol. The summed E-state index contributed by atoms with van der Waals surface area (Å²) in [5.74, 6) is -1.45. The van der Waals surface area contributed by atoms with Crippen LogP contribution in [0.1, 0.15) is 12.8 Å². The Bertz CT molecular complexity index is 408. The zero-order valence-corrected chi connectivity index (χ0v) is 10.1. The number of nitrogens with two attached hydrogens (primary N) is 1. The van der Waals surface area contributed by atoms with Gasteiger partial charge in [-0.25, -0.2) is 0 Å². The van der Waals surface area contributed by atoms with E-state index in [0.29, 0.717) is 5.69 Å². The summed E-state index contributed by atoms with van der Waals surface area (Å²) in [6.45, 7) is 0. The Hall–Kier alpha value is -1.92. The van der Waals surface area contributed by atoms with Gasteiger partial charge in [-0.15, -0.1) is 0 Å². The highest BCUT2D eigenvalue weighted by atomic mass is 16.7. The highest BCUT2D eigenvalue weighted by Gasteiger charge is 2.19. The van der Waals surface area contributed by atoms with Crippen LogP contribution in [0.25, 0.3) is 0 Å². The second kappa shape index (κ2) is 6.73. The number of benzene rings is 1. The number of para-hydroxylation sites is 1. The van der Waals surface area contributed by atoms with Crippen LogP contribution in [0.5, 0.6) is 0 Å². The fourth-order valence-electron chi connectivity index (χ4n) is 1.42. The summed E-state index contributed by atoms with van der Waals surface area (Å²) < 4.78 is 0. The lowest BCUT2D eigenvalue weighted by atomic mass is 10.1. The Labute approximate surface area is 105 Å². The molecule has 0 saturated carbocycles. The minimum atomic E-state index is -1.12. The molecule has 0 aliphatic rings. The number of aliphatic carboxylic acids is 1. The van der Waals surface area contributed by atoms with E-state index >= 15 is 0 Å². The number of nitrogens with zero attached hydrogens (tertiary/aromatic N) is 1. The van der Waals surface area contributed by atoms with Crippen molar-refractivity contribution < 1.29 is 19.5 Å². The van der Waals surface area contributed by atoms with E-state index in [1.807, 2.05) is 6.07 Å². The van der Waals surface area contributed by atoms with Crippen molar-refractivity contribution in [2.24, 2.45) is 5.73 Å². The molecule has 1 amide bonds. The van der Waals surface area contributed by atoms with Crippen LogP contribution in [0.4, 0.5) is 5.69 Å². The summed E-state index contributed by atoms with van der Waals surface area (Å²) in [5, 5.41) is 9.75. The zero-order chi connectivity index (χ0) is 13.5. The van der Waals surface area contributed by atoms with Crippen molar-refractivity contribution in [3.05, 3.63) is 30.3 Å². The number of anilines is 1. The SMILES string of the molecule is CON(C(=O)CCC(N)C(=O)O)c1ccccc1. The minimum absolute atomic E-state index is 0.0101. The number of carboxylic acid groups (broad SMARTS) is 1. The quantitative estimate of drug-likeness (QED) is 0.729. The molecule has 6 nitrogen and oxygen atoms in total. The molecule has 0 spiro atoms. The number of hydroxylamine groups is 1. The van der Waals surface area contributed by atoms with Crippen LogP contribution in [-0.4, -0.2) is 30.1 Å². The number of hydrogen-bond acceptors (Lipinski definition) is 4. The molecule has 1 unspecified atom stereocenters. The van der Waals surface area contributed by atoms with Crippen molar-refractivity contribution in [2.45, 2.75) is 18.9 Å². The molecular formula is C12H16N2O4. The summed E-state index contributed by atoms with van der Waals surface area (Å²) in [6, 6.07) is 7.78. The molecule has 0 radical (unpaired) electrons. The van der Waals surface area contributed by atoms with Gasteiger partial charge < -0.3 is 10.8 Å². The van der Waals surface area contributed by atoms with Gasteiger partial charge in [-0.2, -0.15) is 5.06 Å². The second-order valence-electron chi connectivity index (χ2n) is 3.69. The fraction of sp³-hybridized carbons (Fsp3) is 0.333. The first kappa shape index (κ1) is 14.1. The van der Waals surface area contributed by atoms with Crippen molar-refractivity contribution in [3.63, 3.8) is 0 Å². The topological polar surface area (TPSA) is 92.9 Å². The van der Waals surface area contributed by atoms with Gasteiger partial charge in [-0.3, -0.25) is 14.4 Å².